The molecule has 0 amide bonds. The monoisotopic (exact) mass is 228 g/mol. The molecule has 0 atom stereocenters. The quantitative estimate of drug-likeness (QED) is 0.495. The van der Waals surface area contributed by atoms with Crippen LogP contribution in [0, 0.1) is 0 Å². The number of unbranched alkanes of at least 4 members (excludes halogenated alkanes) is 1. The van der Waals surface area contributed by atoms with Gasteiger partial charge in [-0.2, -0.15) is 0 Å². The summed E-state index contributed by atoms with van der Waals surface area (Å²) in [6.45, 7) is 4.15. The van der Waals surface area contributed by atoms with Crippen LogP contribution in [-0.4, -0.2) is 25.7 Å². The molecule has 16 heavy (non-hydrogen) atoms. The fourth-order valence-corrected chi connectivity index (χ4v) is 1.21. The fraction of sp³-hybridized carbons (Fsp3) is 0.667. The predicted molar refractivity (Wildman–Crippen MR) is 60.9 cm³/mol. The Morgan fingerprint density at radius 1 is 1.19 bits per heavy atom. The van der Waals surface area contributed by atoms with Gasteiger partial charge in [-0.05, 0) is 19.8 Å². The lowest BCUT2D eigenvalue weighted by atomic mass is 10.1. The number of rotatable bonds is 7. The van der Waals surface area contributed by atoms with E-state index in [0.717, 1.165) is 12.8 Å². The first-order valence-electron chi connectivity index (χ1n) is 5.58. The van der Waals surface area contributed by atoms with Gasteiger partial charge in [-0.1, -0.05) is 19.4 Å². The van der Waals surface area contributed by atoms with Gasteiger partial charge in [0, 0.05) is 12.0 Å². The summed E-state index contributed by atoms with van der Waals surface area (Å²) in [5, 5.41) is 0. The number of carbonyl (C=O) groups is 2. The minimum absolute atomic E-state index is 0.221. The standard InChI is InChI=1S/C12H20O4/c1-4-6-7-10(12(14)15-3)8-9-11(13)16-5-2/h7H,4-6,8-9H2,1-3H3/b10-7-. The minimum Gasteiger partial charge on any atom is -0.466 e. The van der Waals surface area contributed by atoms with Gasteiger partial charge in [0.1, 0.15) is 0 Å². The van der Waals surface area contributed by atoms with Crippen LogP contribution in [0.15, 0.2) is 11.6 Å². The molecule has 0 saturated carbocycles. The molecular weight excluding hydrogens is 208 g/mol. The lowest BCUT2D eigenvalue weighted by molar-refractivity contribution is -0.143. The number of esters is 2. The molecule has 0 bridgehead atoms. The van der Waals surface area contributed by atoms with Crippen LogP contribution >= 0.6 is 0 Å². The van der Waals surface area contributed by atoms with Gasteiger partial charge in [-0.3, -0.25) is 4.79 Å². The van der Waals surface area contributed by atoms with Crippen molar-refractivity contribution in [3.8, 4) is 0 Å². The smallest absolute Gasteiger partial charge is 0.333 e. The molecule has 0 radical (unpaired) electrons. The van der Waals surface area contributed by atoms with Crippen molar-refractivity contribution >= 4 is 11.9 Å². The van der Waals surface area contributed by atoms with Gasteiger partial charge in [0.15, 0.2) is 0 Å². The summed E-state index contributed by atoms with van der Waals surface area (Å²) in [5.41, 5.74) is 0.553. The Labute approximate surface area is 96.6 Å². The molecule has 0 aliphatic rings. The molecule has 4 heteroatoms. The van der Waals surface area contributed by atoms with Gasteiger partial charge in [0.25, 0.3) is 0 Å². The fourth-order valence-electron chi connectivity index (χ4n) is 1.21. The number of ether oxygens (including phenoxy) is 2. The third kappa shape index (κ3) is 6.22. The van der Waals surface area contributed by atoms with Gasteiger partial charge < -0.3 is 9.47 Å². The second-order valence-corrected chi connectivity index (χ2v) is 3.31. The second-order valence-electron chi connectivity index (χ2n) is 3.31. The van der Waals surface area contributed by atoms with Crippen molar-refractivity contribution in [2.75, 3.05) is 13.7 Å². The van der Waals surface area contributed by atoms with Crippen LogP contribution < -0.4 is 0 Å². The van der Waals surface area contributed by atoms with Crippen LogP contribution in [0.2, 0.25) is 0 Å². The van der Waals surface area contributed by atoms with Crippen molar-refractivity contribution < 1.29 is 19.1 Å². The molecule has 0 aliphatic carbocycles. The molecule has 4 nitrogen and oxygen atoms in total. The number of carbonyl (C=O) groups excluding carboxylic acids is 2. The molecule has 0 rings (SSSR count). The maximum absolute atomic E-state index is 11.3. The lowest BCUT2D eigenvalue weighted by Gasteiger charge is -2.05. The van der Waals surface area contributed by atoms with Crippen LogP contribution in [-0.2, 0) is 19.1 Å². The van der Waals surface area contributed by atoms with Crippen LogP contribution in [0.1, 0.15) is 39.5 Å². The molecule has 0 aromatic carbocycles. The zero-order valence-electron chi connectivity index (χ0n) is 10.2. The van der Waals surface area contributed by atoms with Crippen molar-refractivity contribution in [1.82, 2.24) is 0 Å². The molecule has 0 saturated heterocycles. The number of hydrogen-bond acceptors (Lipinski definition) is 4. The third-order valence-corrected chi connectivity index (χ3v) is 2.03. The maximum atomic E-state index is 11.3. The first-order chi connectivity index (χ1) is 7.65. The van der Waals surface area contributed by atoms with Crippen molar-refractivity contribution in [1.29, 1.82) is 0 Å². The van der Waals surface area contributed by atoms with E-state index in [1.54, 1.807) is 6.92 Å². The minimum atomic E-state index is -0.363. The molecule has 0 unspecified atom stereocenters. The van der Waals surface area contributed by atoms with Crippen molar-refractivity contribution in [2.45, 2.75) is 39.5 Å². The number of allylic oxidation sites excluding steroid dienone is 1. The zero-order valence-corrected chi connectivity index (χ0v) is 10.2. The summed E-state index contributed by atoms with van der Waals surface area (Å²) in [6.07, 6.45) is 4.20. The van der Waals surface area contributed by atoms with E-state index >= 15 is 0 Å². The molecular formula is C12H20O4. The normalized spacial score (nSPS) is 11.1. The van der Waals surface area contributed by atoms with E-state index < -0.39 is 0 Å². The molecule has 0 aromatic heterocycles. The molecule has 0 aliphatic heterocycles. The average molecular weight is 228 g/mol. The highest BCUT2D eigenvalue weighted by atomic mass is 16.5. The van der Waals surface area contributed by atoms with Crippen LogP contribution in [0.4, 0.5) is 0 Å². The number of methoxy groups -OCH3 is 1. The molecule has 0 aromatic rings. The lowest BCUT2D eigenvalue weighted by Crippen LogP contribution is -2.09. The molecule has 0 N–H and O–H groups in total. The van der Waals surface area contributed by atoms with E-state index in [1.807, 2.05) is 13.0 Å². The molecule has 0 heterocycles. The van der Waals surface area contributed by atoms with Crippen molar-refractivity contribution in [3.05, 3.63) is 11.6 Å². The molecule has 92 valence electrons. The first-order valence-corrected chi connectivity index (χ1v) is 5.58. The Bertz CT molecular complexity index is 256. The topological polar surface area (TPSA) is 52.6 Å². The highest BCUT2D eigenvalue weighted by Crippen LogP contribution is 2.10. The van der Waals surface area contributed by atoms with Crippen LogP contribution in [0.3, 0.4) is 0 Å². The Morgan fingerprint density at radius 2 is 1.88 bits per heavy atom. The summed E-state index contributed by atoms with van der Waals surface area (Å²) in [6, 6.07) is 0. The number of hydrogen-bond donors (Lipinski definition) is 0. The van der Waals surface area contributed by atoms with Gasteiger partial charge in [-0.15, -0.1) is 0 Å². The van der Waals surface area contributed by atoms with Gasteiger partial charge in [-0.25, -0.2) is 4.79 Å². The average Bonchev–Trinajstić information content (AvgIpc) is 2.28. The zero-order chi connectivity index (χ0) is 12.4. The summed E-state index contributed by atoms with van der Waals surface area (Å²) in [7, 11) is 1.34. The second kappa shape index (κ2) is 8.95. The Kier molecular flexibility index (Phi) is 8.21. The largest absolute Gasteiger partial charge is 0.466 e. The highest BCUT2D eigenvalue weighted by Gasteiger charge is 2.11. The van der Waals surface area contributed by atoms with E-state index in [9.17, 15) is 9.59 Å². The van der Waals surface area contributed by atoms with Crippen molar-refractivity contribution in [3.63, 3.8) is 0 Å². The predicted octanol–water partition coefficient (Wildman–Crippen LogP) is 2.23. The van der Waals surface area contributed by atoms with Crippen LogP contribution in [0.5, 0.6) is 0 Å². The Balaban J connectivity index is 4.22. The van der Waals surface area contributed by atoms with Gasteiger partial charge in [0.05, 0.1) is 13.7 Å². The Morgan fingerprint density at radius 3 is 2.38 bits per heavy atom. The van der Waals surface area contributed by atoms with Crippen molar-refractivity contribution in [2.24, 2.45) is 0 Å². The third-order valence-electron chi connectivity index (χ3n) is 2.03. The van der Waals surface area contributed by atoms with Gasteiger partial charge >= 0.3 is 11.9 Å². The van der Waals surface area contributed by atoms with Crippen LogP contribution in [0.25, 0.3) is 0 Å². The highest BCUT2D eigenvalue weighted by molar-refractivity contribution is 5.89. The Hall–Kier alpha value is -1.32. The van der Waals surface area contributed by atoms with E-state index in [0.29, 0.717) is 18.6 Å². The summed E-state index contributed by atoms with van der Waals surface area (Å²) in [5.74, 6) is -0.647. The summed E-state index contributed by atoms with van der Waals surface area (Å²) < 4.78 is 9.43. The van der Waals surface area contributed by atoms with E-state index in [4.69, 9.17) is 4.74 Å². The SMILES string of the molecule is CCC/C=C(/CCC(=O)OCC)C(=O)OC. The van der Waals surface area contributed by atoms with E-state index in [-0.39, 0.29) is 18.4 Å². The molecule has 0 spiro atoms. The maximum Gasteiger partial charge on any atom is 0.333 e. The van der Waals surface area contributed by atoms with E-state index in [1.165, 1.54) is 7.11 Å². The summed E-state index contributed by atoms with van der Waals surface area (Å²) >= 11 is 0. The molecule has 0 fully saturated rings. The first kappa shape index (κ1) is 14.7. The van der Waals surface area contributed by atoms with Gasteiger partial charge in [0.2, 0.25) is 0 Å². The summed E-state index contributed by atoms with van der Waals surface area (Å²) in [4.78, 5) is 22.5. The van der Waals surface area contributed by atoms with E-state index in [2.05, 4.69) is 4.74 Å².